The van der Waals surface area contributed by atoms with Gasteiger partial charge >= 0.3 is 6.08 Å². The molecule has 1 aromatic rings. The summed E-state index contributed by atoms with van der Waals surface area (Å²) in [4.78, 5) is 4.19. The molecule has 0 heterocycles. The predicted molar refractivity (Wildman–Crippen MR) is 83.4 cm³/mol. The van der Waals surface area contributed by atoms with Gasteiger partial charge in [-0.1, -0.05) is 41.6 Å². The number of nitrogens with zero attached hydrogens (tertiary/aromatic N) is 2. The fourth-order valence-electron chi connectivity index (χ4n) is 1.54. The summed E-state index contributed by atoms with van der Waals surface area (Å²) in [6.07, 6.45) is -0.263. The molecule has 0 bridgehead atoms. The van der Waals surface area contributed by atoms with E-state index in [1.165, 1.54) is 5.56 Å². The number of nitriles is 1. The summed E-state index contributed by atoms with van der Waals surface area (Å²) in [5.74, 6) is -1.34. The third-order valence-electron chi connectivity index (χ3n) is 2.70. The van der Waals surface area contributed by atoms with Crippen LogP contribution in [0.3, 0.4) is 0 Å². The fraction of sp³-hybridized carbons (Fsp3) is 0.333. The van der Waals surface area contributed by atoms with Gasteiger partial charge in [0, 0.05) is 18.7 Å². The van der Waals surface area contributed by atoms with Gasteiger partial charge in [-0.3, -0.25) is 10.3 Å². The largest absolute Gasteiger partial charge is 0.301 e. The Labute approximate surface area is 131 Å². The Balaban J connectivity index is 2.46. The highest BCUT2D eigenvalue weighted by Gasteiger charge is 2.06. The van der Waals surface area contributed by atoms with E-state index in [0.717, 1.165) is 17.3 Å². The van der Waals surface area contributed by atoms with Crippen LogP contribution in [-0.4, -0.2) is 17.5 Å². The van der Waals surface area contributed by atoms with Crippen molar-refractivity contribution in [2.24, 2.45) is 4.99 Å². The van der Waals surface area contributed by atoms with Crippen LogP contribution in [0.15, 0.2) is 41.2 Å². The minimum atomic E-state index is -2.30. The van der Waals surface area contributed by atoms with Crippen LogP contribution in [0.2, 0.25) is 0 Å². The number of hydrogen-bond donors (Lipinski definition) is 1. The molecule has 3 nitrogen and oxygen atoms in total. The Morgan fingerprint density at radius 3 is 2.55 bits per heavy atom. The Kier molecular flexibility index (Phi) is 8.15. The molecule has 1 aromatic carbocycles. The molecule has 0 aliphatic heterocycles. The van der Waals surface area contributed by atoms with Crippen LogP contribution in [0.25, 0.3) is 0 Å². The molecule has 0 amide bonds. The van der Waals surface area contributed by atoms with Gasteiger partial charge in [0.2, 0.25) is 0 Å². The number of aryl methyl sites for hydroxylation is 1. The van der Waals surface area contributed by atoms with Gasteiger partial charge in [-0.15, -0.1) is 0 Å². The van der Waals surface area contributed by atoms with Crippen LogP contribution in [0, 0.1) is 18.4 Å². The third-order valence-corrected chi connectivity index (χ3v) is 3.62. The maximum atomic E-state index is 12.7. The molecule has 0 aliphatic rings. The molecule has 1 N–H and O–H groups in total. The first-order valence-corrected chi connectivity index (χ1v) is 7.59. The smallest absolute Gasteiger partial charge is 0.272 e. The van der Waals surface area contributed by atoms with Crippen molar-refractivity contribution in [3.63, 3.8) is 0 Å². The van der Waals surface area contributed by atoms with E-state index >= 15 is 0 Å². The van der Waals surface area contributed by atoms with Gasteiger partial charge in [0.05, 0.1) is 0 Å². The van der Waals surface area contributed by atoms with Gasteiger partial charge in [-0.05, 0) is 18.9 Å². The van der Waals surface area contributed by atoms with Crippen molar-refractivity contribution in [3.05, 3.63) is 47.3 Å². The summed E-state index contributed by atoms with van der Waals surface area (Å²) in [6, 6.07) is 8.00. The number of thioether (sulfide) groups is 1. The van der Waals surface area contributed by atoms with E-state index in [-0.39, 0.29) is 5.75 Å². The molecule has 0 aliphatic carbocycles. The minimum absolute atomic E-state index is 0.0845. The molecule has 0 atom stereocenters. The monoisotopic (exact) mass is 327 g/mol. The molecule has 0 spiro atoms. The van der Waals surface area contributed by atoms with E-state index in [1.807, 2.05) is 31.2 Å². The van der Waals surface area contributed by atoms with Crippen molar-refractivity contribution in [3.8, 4) is 6.19 Å². The van der Waals surface area contributed by atoms with Gasteiger partial charge < -0.3 is 0 Å². The van der Waals surface area contributed by atoms with Crippen molar-refractivity contribution in [1.29, 1.82) is 5.26 Å². The SMILES string of the molecule is Cc1ccc(CCN=C(NC#N)SCCC(F)=C(F)F)cc1. The summed E-state index contributed by atoms with van der Waals surface area (Å²) in [7, 11) is 0. The molecule has 0 saturated heterocycles. The molecule has 0 fully saturated rings. The van der Waals surface area contributed by atoms with Gasteiger partial charge in [0.25, 0.3) is 0 Å². The topological polar surface area (TPSA) is 48.2 Å². The number of amidine groups is 1. The highest BCUT2D eigenvalue weighted by atomic mass is 32.2. The van der Waals surface area contributed by atoms with E-state index < -0.39 is 18.3 Å². The predicted octanol–water partition coefficient (Wildman–Crippen LogP) is 4.17. The fourth-order valence-corrected chi connectivity index (χ4v) is 2.32. The summed E-state index contributed by atoms with van der Waals surface area (Å²) >= 11 is 1.04. The zero-order valence-corrected chi connectivity index (χ0v) is 12.9. The second-order valence-corrected chi connectivity index (χ2v) is 5.51. The average Bonchev–Trinajstić information content (AvgIpc) is 2.49. The molecule has 1 rings (SSSR count). The first-order chi connectivity index (χ1) is 10.5. The first kappa shape index (κ1) is 18.1. The van der Waals surface area contributed by atoms with Crippen LogP contribution >= 0.6 is 11.8 Å². The molecule has 0 saturated carbocycles. The molecule has 118 valence electrons. The molecule has 7 heteroatoms. The van der Waals surface area contributed by atoms with Gasteiger partial charge in [0.1, 0.15) is 0 Å². The summed E-state index contributed by atoms with van der Waals surface area (Å²) in [5, 5.41) is 11.3. The molecule has 0 unspecified atom stereocenters. The number of allylic oxidation sites excluding steroid dienone is 1. The molecule has 22 heavy (non-hydrogen) atoms. The number of nitrogens with one attached hydrogen (secondary N) is 1. The number of aliphatic imine (C=N–C) groups is 1. The van der Waals surface area contributed by atoms with E-state index in [1.54, 1.807) is 6.19 Å². The maximum Gasteiger partial charge on any atom is 0.301 e. The molecular formula is C15H16F3N3S. The quantitative estimate of drug-likeness (QED) is 0.369. The Bertz CT molecular complexity index is 573. The van der Waals surface area contributed by atoms with Crippen molar-refractivity contribution >= 4 is 16.9 Å². The van der Waals surface area contributed by atoms with E-state index in [2.05, 4.69) is 10.3 Å². The van der Waals surface area contributed by atoms with Gasteiger partial charge in [-0.25, -0.2) is 4.39 Å². The zero-order valence-electron chi connectivity index (χ0n) is 12.1. The minimum Gasteiger partial charge on any atom is -0.272 e. The van der Waals surface area contributed by atoms with Crippen LogP contribution in [0.5, 0.6) is 0 Å². The van der Waals surface area contributed by atoms with Crippen molar-refractivity contribution < 1.29 is 13.2 Å². The molecule has 0 radical (unpaired) electrons. The van der Waals surface area contributed by atoms with Gasteiger partial charge in [0.15, 0.2) is 17.2 Å². The van der Waals surface area contributed by atoms with Crippen LogP contribution < -0.4 is 5.32 Å². The van der Waals surface area contributed by atoms with E-state index in [4.69, 9.17) is 5.26 Å². The molecule has 0 aromatic heterocycles. The standard InChI is InChI=1S/C15H16F3N3S/c1-11-2-4-12(5-3-11)6-8-20-15(21-10-19)22-9-7-13(16)14(17)18/h2-5H,6-9H2,1H3,(H,20,21). The number of benzene rings is 1. The summed E-state index contributed by atoms with van der Waals surface area (Å²) < 4.78 is 36.5. The highest BCUT2D eigenvalue weighted by Crippen LogP contribution is 2.16. The number of rotatable bonds is 6. The first-order valence-electron chi connectivity index (χ1n) is 6.60. The molecular weight excluding hydrogens is 311 g/mol. The number of hydrogen-bond acceptors (Lipinski definition) is 3. The van der Waals surface area contributed by atoms with Crippen molar-refractivity contribution in [1.82, 2.24) is 5.32 Å². The Morgan fingerprint density at radius 2 is 1.95 bits per heavy atom. The number of halogens is 3. The lowest BCUT2D eigenvalue weighted by molar-refractivity contribution is 0.373. The summed E-state index contributed by atoms with van der Waals surface area (Å²) in [5.41, 5.74) is 2.29. The second-order valence-electron chi connectivity index (χ2n) is 4.42. The van der Waals surface area contributed by atoms with Crippen LogP contribution in [0.4, 0.5) is 13.2 Å². The third kappa shape index (κ3) is 7.18. The second kappa shape index (κ2) is 9.90. The van der Waals surface area contributed by atoms with Crippen LogP contribution in [0.1, 0.15) is 17.5 Å². The average molecular weight is 327 g/mol. The van der Waals surface area contributed by atoms with Crippen LogP contribution in [-0.2, 0) is 6.42 Å². The maximum absolute atomic E-state index is 12.7. The van der Waals surface area contributed by atoms with E-state index in [0.29, 0.717) is 18.1 Å². The van der Waals surface area contributed by atoms with Crippen molar-refractivity contribution in [2.45, 2.75) is 19.8 Å². The highest BCUT2D eigenvalue weighted by molar-refractivity contribution is 8.13. The Hall–Kier alpha value is -1.94. The lowest BCUT2D eigenvalue weighted by atomic mass is 10.1. The Morgan fingerprint density at radius 1 is 1.27 bits per heavy atom. The zero-order chi connectivity index (χ0) is 16.4. The lowest BCUT2D eigenvalue weighted by Gasteiger charge is -2.04. The lowest BCUT2D eigenvalue weighted by Crippen LogP contribution is -2.15. The summed E-state index contributed by atoms with van der Waals surface area (Å²) in [6.45, 7) is 2.46. The van der Waals surface area contributed by atoms with Crippen molar-refractivity contribution in [2.75, 3.05) is 12.3 Å². The van der Waals surface area contributed by atoms with Gasteiger partial charge in [-0.2, -0.15) is 14.0 Å². The van der Waals surface area contributed by atoms with E-state index in [9.17, 15) is 13.2 Å². The normalized spacial score (nSPS) is 11.0.